The molecule has 1 aromatic rings. The van der Waals surface area contributed by atoms with Gasteiger partial charge in [0, 0.05) is 12.6 Å². The maximum Gasteiger partial charge on any atom is 0.00649 e. The van der Waals surface area contributed by atoms with E-state index in [2.05, 4.69) is 43.4 Å². The zero-order chi connectivity index (χ0) is 10.7. The fraction of sp³-hybridized carbons (Fsp3) is 0.571. The van der Waals surface area contributed by atoms with Crippen molar-refractivity contribution in [2.75, 3.05) is 6.54 Å². The van der Waals surface area contributed by atoms with Crippen molar-refractivity contribution >= 4 is 0 Å². The van der Waals surface area contributed by atoms with Crippen molar-refractivity contribution in [3.63, 3.8) is 0 Å². The fourth-order valence-electron chi connectivity index (χ4n) is 2.57. The summed E-state index contributed by atoms with van der Waals surface area (Å²) in [5, 5.41) is 3.64. The third kappa shape index (κ3) is 2.40. The SMILES string of the molecule is CCC1CCC(c2ccccc2C)CN1. The molecule has 1 heterocycles. The third-order valence-electron chi connectivity index (χ3n) is 3.64. The number of benzene rings is 1. The van der Waals surface area contributed by atoms with E-state index in [1.54, 1.807) is 5.56 Å². The van der Waals surface area contributed by atoms with E-state index in [-0.39, 0.29) is 0 Å². The van der Waals surface area contributed by atoms with Crippen LogP contribution in [0.4, 0.5) is 0 Å². The average molecular weight is 203 g/mol. The molecule has 15 heavy (non-hydrogen) atoms. The van der Waals surface area contributed by atoms with Crippen LogP contribution in [0.25, 0.3) is 0 Å². The van der Waals surface area contributed by atoms with E-state index >= 15 is 0 Å². The minimum atomic E-state index is 0.731. The van der Waals surface area contributed by atoms with Gasteiger partial charge in [0.15, 0.2) is 0 Å². The van der Waals surface area contributed by atoms with Gasteiger partial charge in [-0.25, -0.2) is 0 Å². The minimum Gasteiger partial charge on any atom is -0.313 e. The largest absolute Gasteiger partial charge is 0.313 e. The summed E-state index contributed by atoms with van der Waals surface area (Å²) in [7, 11) is 0. The molecule has 2 atom stereocenters. The third-order valence-corrected chi connectivity index (χ3v) is 3.64. The van der Waals surface area contributed by atoms with E-state index in [1.807, 2.05) is 0 Å². The van der Waals surface area contributed by atoms with Gasteiger partial charge in [-0.1, -0.05) is 31.2 Å². The summed E-state index contributed by atoms with van der Waals surface area (Å²) in [4.78, 5) is 0. The van der Waals surface area contributed by atoms with Crippen molar-refractivity contribution in [1.29, 1.82) is 0 Å². The molecule has 0 amide bonds. The summed E-state index contributed by atoms with van der Waals surface area (Å²) < 4.78 is 0. The van der Waals surface area contributed by atoms with Crippen LogP contribution in [0.15, 0.2) is 24.3 Å². The van der Waals surface area contributed by atoms with Gasteiger partial charge in [0.1, 0.15) is 0 Å². The summed E-state index contributed by atoms with van der Waals surface area (Å²) in [6.45, 7) is 5.65. The molecule has 2 rings (SSSR count). The Kier molecular flexibility index (Phi) is 3.42. The molecule has 0 aliphatic carbocycles. The molecule has 1 aromatic carbocycles. The van der Waals surface area contributed by atoms with Gasteiger partial charge in [0.2, 0.25) is 0 Å². The molecule has 0 aromatic heterocycles. The molecule has 2 unspecified atom stereocenters. The van der Waals surface area contributed by atoms with E-state index in [9.17, 15) is 0 Å². The first-order valence-electron chi connectivity index (χ1n) is 6.10. The second-order valence-electron chi connectivity index (χ2n) is 4.64. The van der Waals surface area contributed by atoms with E-state index in [1.165, 1.54) is 24.8 Å². The van der Waals surface area contributed by atoms with Crippen LogP contribution < -0.4 is 5.32 Å². The molecule has 0 spiro atoms. The lowest BCUT2D eigenvalue weighted by atomic mass is 9.86. The van der Waals surface area contributed by atoms with Crippen molar-refractivity contribution in [1.82, 2.24) is 5.32 Å². The molecule has 1 N–H and O–H groups in total. The highest BCUT2D eigenvalue weighted by molar-refractivity contribution is 5.29. The molecule has 1 aliphatic heterocycles. The van der Waals surface area contributed by atoms with Crippen LogP contribution in [0.1, 0.15) is 43.2 Å². The van der Waals surface area contributed by atoms with Gasteiger partial charge in [-0.05, 0) is 43.2 Å². The molecule has 0 radical (unpaired) electrons. The first-order valence-corrected chi connectivity index (χ1v) is 6.10. The average Bonchev–Trinajstić information content (AvgIpc) is 2.30. The van der Waals surface area contributed by atoms with Crippen LogP contribution in [0.3, 0.4) is 0 Å². The summed E-state index contributed by atoms with van der Waals surface area (Å²) in [6, 6.07) is 9.55. The van der Waals surface area contributed by atoms with Gasteiger partial charge in [0.25, 0.3) is 0 Å². The molecule has 1 aliphatic rings. The van der Waals surface area contributed by atoms with Crippen LogP contribution in [-0.2, 0) is 0 Å². The molecular formula is C14H21N. The smallest absolute Gasteiger partial charge is 0.00649 e. The summed E-state index contributed by atoms with van der Waals surface area (Å²) in [5.74, 6) is 0.731. The van der Waals surface area contributed by atoms with Gasteiger partial charge in [-0.3, -0.25) is 0 Å². The lowest BCUT2D eigenvalue weighted by Gasteiger charge is -2.30. The van der Waals surface area contributed by atoms with E-state index < -0.39 is 0 Å². The number of aryl methyl sites for hydroxylation is 1. The van der Waals surface area contributed by atoms with Crippen molar-refractivity contribution in [2.24, 2.45) is 0 Å². The zero-order valence-corrected chi connectivity index (χ0v) is 9.79. The fourth-order valence-corrected chi connectivity index (χ4v) is 2.57. The predicted octanol–water partition coefficient (Wildman–Crippen LogP) is 3.24. The van der Waals surface area contributed by atoms with E-state index in [0.717, 1.165) is 18.5 Å². The van der Waals surface area contributed by atoms with E-state index in [0.29, 0.717) is 0 Å². The monoisotopic (exact) mass is 203 g/mol. The minimum absolute atomic E-state index is 0.731. The second kappa shape index (κ2) is 4.80. The Morgan fingerprint density at radius 1 is 1.27 bits per heavy atom. The highest BCUT2D eigenvalue weighted by atomic mass is 14.9. The Morgan fingerprint density at radius 3 is 2.67 bits per heavy atom. The van der Waals surface area contributed by atoms with Crippen LogP contribution in [-0.4, -0.2) is 12.6 Å². The lowest BCUT2D eigenvalue weighted by molar-refractivity contribution is 0.358. The molecule has 0 bridgehead atoms. The number of nitrogens with one attached hydrogen (secondary N) is 1. The van der Waals surface area contributed by atoms with Crippen molar-refractivity contribution in [3.05, 3.63) is 35.4 Å². The second-order valence-corrected chi connectivity index (χ2v) is 4.64. The summed E-state index contributed by atoms with van der Waals surface area (Å²) in [5.41, 5.74) is 2.99. The van der Waals surface area contributed by atoms with Gasteiger partial charge in [-0.15, -0.1) is 0 Å². The number of rotatable bonds is 2. The van der Waals surface area contributed by atoms with Gasteiger partial charge in [0.05, 0.1) is 0 Å². The molecule has 1 saturated heterocycles. The van der Waals surface area contributed by atoms with Crippen molar-refractivity contribution < 1.29 is 0 Å². The summed E-state index contributed by atoms with van der Waals surface area (Å²) in [6.07, 6.45) is 3.94. The number of hydrogen-bond donors (Lipinski definition) is 1. The standard InChI is InChI=1S/C14H21N/c1-3-13-9-8-12(10-15-13)14-7-5-4-6-11(14)2/h4-7,12-13,15H,3,8-10H2,1-2H3. The first-order chi connectivity index (χ1) is 7.31. The Labute approximate surface area is 92.9 Å². The van der Waals surface area contributed by atoms with E-state index in [4.69, 9.17) is 0 Å². The quantitative estimate of drug-likeness (QED) is 0.778. The molecule has 1 heteroatoms. The molecular weight excluding hydrogens is 182 g/mol. The molecule has 1 fully saturated rings. The number of hydrogen-bond acceptors (Lipinski definition) is 1. The zero-order valence-electron chi connectivity index (χ0n) is 9.79. The number of piperidine rings is 1. The van der Waals surface area contributed by atoms with Gasteiger partial charge >= 0.3 is 0 Å². The van der Waals surface area contributed by atoms with Crippen LogP contribution in [0.5, 0.6) is 0 Å². The molecule has 0 saturated carbocycles. The van der Waals surface area contributed by atoms with Crippen LogP contribution in [0.2, 0.25) is 0 Å². The maximum absolute atomic E-state index is 3.64. The summed E-state index contributed by atoms with van der Waals surface area (Å²) >= 11 is 0. The van der Waals surface area contributed by atoms with Gasteiger partial charge in [-0.2, -0.15) is 0 Å². The topological polar surface area (TPSA) is 12.0 Å². The highest BCUT2D eigenvalue weighted by Gasteiger charge is 2.21. The Hall–Kier alpha value is -0.820. The van der Waals surface area contributed by atoms with Crippen molar-refractivity contribution in [3.8, 4) is 0 Å². The normalized spacial score (nSPS) is 26.5. The first kappa shape index (κ1) is 10.7. The van der Waals surface area contributed by atoms with Crippen molar-refractivity contribution in [2.45, 2.75) is 45.1 Å². The Bertz CT molecular complexity index is 311. The lowest BCUT2D eigenvalue weighted by Crippen LogP contribution is -2.37. The molecule has 82 valence electrons. The van der Waals surface area contributed by atoms with Crippen LogP contribution in [0, 0.1) is 6.92 Å². The highest BCUT2D eigenvalue weighted by Crippen LogP contribution is 2.27. The predicted molar refractivity (Wildman–Crippen MR) is 65.2 cm³/mol. The Balaban J connectivity index is 2.04. The molecule has 1 nitrogen and oxygen atoms in total. The Morgan fingerprint density at radius 2 is 2.07 bits per heavy atom. The van der Waals surface area contributed by atoms with Gasteiger partial charge < -0.3 is 5.32 Å². The maximum atomic E-state index is 3.64. The van der Waals surface area contributed by atoms with Crippen LogP contribution >= 0.6 is 0 Å².